The van der Waals surface area contributed by atoms with Crippen LogP contribution in [0.1, 0.15) is 38.7 Å². The number of ether oxygens (including phenoxy) is 2. The van der Waals surface area contributed by atoms with Crippen molar-refractivity contribution in [3.05, 3.63) is 23.5 Å². The van der Waals surface area contributed by atoms with Gasteiger partial charge in [0.1, 0.15) is 5.82 Å². The summed E-state index contributed by atoms with van der Waals surface area (Å²) in [6.07, 6.45) is 4.22. The Morgan fingerprint density at radius 1 is 1.30 bits per heavy atom. The topological polar surface area (TPSA) is 30.5 Å². The lowest BCUT2D eigenvalue weighted by molar-refractivity contribution is 0.228. The standard InChI is InChI=1S/C16H24FNO2/c1-11(2)20-16-10-14(17)12(9-15(16)19-3)8-13-6-4-5-7-18-13/h9-11,13,18H,4-8H2,1-3H3. The van der Waals surface area contributed by atoms with Crippen LogP contribution in [-0.2, 0) is 6.42 Å². The summed E-state index contributed by atoms with van der Waals surface area (Å²) in [6, 6.07) is 3.57. The molecule has 1 saturated heterocycles. The Labute approximate surface area is 120 Å². The van der Waals surface area contributed by atoms with Crippen molar-refractivity contribution in [2.75, 3.05) is 13.7 Å². The second kappa shape index (κ2) is 6.93. The average Bonchev–Trinajstić information content (AvgIpc) is 2.42. The van der Waals surface area contributed by atoms with E-state index in [1.807, 2.05) is 13.8 Å². The normalized spacial score (nSPS) is 19.1. The van der Waals surface area contributed by atoms with Crippen LogP contribution in [0, 0.1) is 5.82 Å². The molecule has 0 amide bonds. The fourth-order valence-corrected chi connectivity index (χ4v) is 2.60. The molecule has 112 valence electrons. The van der Waals surface area contributed by atoms with E-state index >= 15 is 0 Å². The van der Waals surface area contributed by atoms with Gasteiger partial charge in [-0.1, -0.05) is 6.42 Å². The number of methoxy groups -OCH3 is 1. The van der Waals surface area contributed by atoms with Crippen molar-refractivity contribution in [1.82, 2.24) is 5.32 Å². The van der Waals surface area contributed by atoms with Gasteiger partial charge in [-0.25, -0.2) is 4.39 Å². The molecule has 1 fully saturated rings. The molecule has 0 bridgehead atoms. The Hall–Kier alpha value is -1.29. The number of hydrogen-bond acceptors (Lipinski definition) is 3. The van der Waals surface area contributed by atoms with E-state index in [1.54, 1.807) is 13.2 Å². The van der Waals surface area contributed by atoms with Crippen molar-refractivity contribution in [2.45, 2.75) is 51.7 Å². The van der Waals surface area contributed by atoms with Crippen molar-refractivity contribution in [3.63, 3.8) is 0 Å². The summed E-state index contributed by atoms with van der Waals surface area (Å²) < 4.78 is 25.1. The molecule has 1 aliphatic heterocycles. The first-order chi connectivity index (χ1) is 9.60. The Balaban J connectivity index is 2.16. The highest BCUT2D eigenvalue weighted by Gasteiger charge is 2.18. The zero-order chi connectivity index (χ0) is 14.5. The van der Waals surface area contributed by atoms with E-state index in [2.05, 4.69) is 5.32 Å². The van der Waals surface area contributed by atoms with Gasteiger partial charge >= 0.3 is 0 Å². The lowest BCUT2D eigenvalue weighted by Crippen LogP contribution is -2.35. The molecule has 1 aromatic rings. The fraction of sp³-hybridized carbons (Fsp3) is 0.625. The van der Waals surface area contributed by atoms with Gasteiger partial charge in [-0.05, 0) is 51.3 Å². The van der Waals surface area contributed by atoms with Crippen LogP contribution < -0.4 is 14.8 Å². The highest BCUT2D eigenvalue weighted by molar-refractivity contribution is 5.44. The van der Waals surface area contributed by atoms with Gasteiger partial charge < -0.3 is 14.8 Å². The maximum atomic E-state index is 14.2. The third kappa shape index (κ3) is 3.85. The van der Waals surface area contributed by atoms with E-state index in [4.69, 9.17) is 9.47 Å². The van der Waals surface area contributed by atoms with Crippen molar-refractivity contribution < 1.29 is 13.9 Å². The quantitative estimate of drug-likeness (QED) is 0.898. The minimum Gasteiger partial charge on any atom is -0.493 e. The van der Waals surface area contributed by atoms with Crippen LogP contribution in [0.3, 0.4) is 0 Å². The minimum atomic E-state index is -0.214. The number of nitrogens with one attached hydrogen (secondary N) is 1. The predicted octanol–water partition coefficient (Wildman–Crippen LogP) is 3.31. The molecule has 0 spiro atoms. The van der Waals surface area contributed by atoms with E-state index in [0.717, 1.165) is 13.0 Å². The Kier molecular flexibility index (Phi) is 5.24. The summed E-state index contributed by atoms with van der Waals surface area (Å²) in [5.74, 6) is 0.861. The Morgan fingerprint density at radius 3 is 2.70 bits per heavy atom. The molecule has 1 unspecified atom stereocenters. The maximum Gasteiger partial charge on any atom is 0.164 e. The van der Waals surface area contributed by atoms with Gasteiger partial charge in [0, 0.05) is 12.1 Å². The molecule has 1 atom stereocenters. The fourth-order valence-electron chi connectivity index (χ4n) is 2.60. The summed E-state index contributed by atoms with van der Waals surface area (Å²) >= 11 is 0. The van der Waals surface area contributed by atoms with Crippen LogP contribution >= 0.6 is 0 Å². The molecule has 0 radical (unpaired) electrons. The third-order valence-corrected chi connectivity index (χ3v) is 3.57. The number of rotatable bonds is 5. The zero-order valence-corrected chi connectivity index (χ0v) is 12.5. The summed E-state index contributed by atoms with van der Waals surface area (Å²) in [5.41, 5.74) is 0.692. The van der Waals surface area contributed by atoms with Gasteiger partial charge in [0.25, 0.3) is 0 Å². The van der Waals surface area contributed by atoms with Crippen LogP contribution in [0.2, 0.25) is 0 Å². The lowest BCUT2D eigenvalue weighted by atomic mass is 9.97. The first-order valence-electron chi connectivity index (χ1n) is 7.36. The lowest BCUT2D eigenvalue weighted by Gasteiger charge is -2.24. The van der Waals surface area contributed by atoms with Crippen molar-refractivity contribution in [3.8, 4) is 11.5 Å². The molecule has 1 heterocycles. The molecule has 0 saturated carbocycles. The third-order valence-electron chi connectivity index (χ3n) is 3.57. The van der Waals surface area contributed by atoms with Gasteiger partial charge in [-0.15, -0.1) is 0 Å². The molecule has 0 aromatic heterocycles. The van der Waals surface area contributed by atoms with Gasteiger partial charge in [-0.3, -0.25) is 0 Å². The molecule has 1 aromatic carbocycles. The molecule has 0 aliphatic carbocycles. The average molecular weight is 281 g/mol. The van der Waals surface area contributed by atoms with Gasteiger partial charge in [0.05, 0.1) is 13.2 Å². The van der Waals surface area contributed by atoms with Crippen LogP contribution in [0.15, 0.2) is 12.1 Å². The SMILES string of the molecule is COc1cc(CC2CCCCN2)c(F)cc1OC(C)C. The van der Waals surface area contributed by atoms with E-state index in [-0.39, 0.29) is 11.9 Å². The highest BCUT2D eigenvalue weighted by Crippen LogP contribution is 2.32. The minimum absolute atomic E-state index is 0.00541. The monoisotopic (exact) mass is 281 g/mol. The number of benzene rings is 1. The second-order valence-corrected chi connectivity index (χ2v) is 5.61. The van der Waals surface area contributed by atoms with Crippen LogP contribution in [0.4, 0.5) is 4.39 Å². The Bertz CT molecular complexity index is 442. The largest absolute Gasteiger partial charge is 0.493 e. The second-order valence-electron chi connectivity index (χ2n) is 5.61. The van der Waals surface area contributed by atoms with Gasteiger partial charge in [0.2, 0.25) is 0 Å². The molecular weight excluding hydrogens is 257 g/mol. The molecule has 20 heavy (non-hydrogen) atoms. The summed E-state index contributed by atoms with van der Waals surface area (Å²) in [7, 11) is 1.59. The first-order valence-corrected chi connectivity index (χ1v) is 7.36. The van der Waals surface area contributed by atoms with E-state index in [9.17, 15) is 4.39 Å². The van der Waals surface area contributed by atoms with Crippen LogP contribution in [0.5, 0.6) is 11.5 Å². The molecule has 4 heteroatoms. The van der Waals surface area contributed by atoms with Crippen LogP contribution in [0.25, 0.3) is 0 Å². The number of piperidine rings is 1. The molecule has 1 aliphatic rings. The predicted molar refractivity (Wildman–Crippen MR) is 78.1 cm³/mol. The Morgan fingerprint density at radius 2 is 2.10 bits per heavy atom. The highest BCUT2D eigenvalue weighted by atomic mass is 19.1. The summed E-state index contributed by atoms with van der Waals surface area (Å²) in [4.78, 5) is 0. The first kappa shape index (κ1) is 15.1. The van der Waals surface area contributed by atoms with Crippen molar-refractivity contribution >= 4 is 0 Å². The molecule has 3 nitrogen and oxygen atoms in total. The van der Waals surface area contributed by atoms with E-state index in [0.29, 0.717) is 29.5 Å². The zero-order valence-electron chi connectivity index (χ0n) is 12.5. The maximum absolute atomic E-state index is 14.2. The number of halogens is 1. The number of hydrogen-bond donors (Lipinski definition) is 1. The van der Waals surface area contributed by atoms with Gasteiger partial charge in [0.15, 0.2) is 11.5 Å². The smallest absolute Gasteiger partial charge is 0.164 e. The summed E-state index contributed by atoms with van der Waals surface area (Å²) in [5, 5.41) is 3.44. The molecular formula is C16H24FNO2. The molecule has 2 rings (SSSR count). The molecule has 1 N–H and O–H groups in total. The summed E-state index contributed by atoms with van der Waals surface area (Å²) in [6.45, 7) is 4.85. The van der Waals surface area contributed by atoms with E-state index < -0.39 is 0 Å². The van der Waals surface area contributed by atoms with E-state index in [1.165, 1.54) is 18.9 Å². The van der Waals surface area contributed by atoms with Crippen molar-refractivity contribution in [1.29, 1.82) is 0 Å². The van der Waals surface area contributed by atoms with Crippen molar-refractivity contribution in [2.24, 2.45) is 0 Å². The van der Waals surface area contributed by atoms with Gasteiger partial charge in [-0.2, -0.15) is 0 Å². The van der Waals surface area contributed by atoms with Crippen LogP contribution in [-0.4, -0.2) is 25.8 Å².